The van der Waals surface area contributed by atoms with Crippen molar-refractivity contribution < 1.29 is 22.8 Å². The summed E-state index contributed by atoms with van der Waals surface area (Å²) in [5, 5.41) is 2.40. The van der Waals surface area contributed by atoms with Gasteiger partial charge in [-0.3, -0.25) is 9.59 Å². The lowest BCUT2D eigenvalue weighted by Gasteiger charge is -2.21. The Morgan fingerprint density at radius 1 is 1.29 bits per heavy atom. The van der Waals surface area contributed by atoms with Gasteiger partial charge in [0.2, 0.25) is 5.91 Å². The Labute approximate surface area is 128 Å². The predicted molar refractivity (Wildman–Crippen MR) is 74.5 cm³/mol. The molecule has 0 aromatic heterocycles. The molecule has 8 heteroatoms. The lowest BCUT2D eigenvalue weighted by atomic mass is 9.92. The summed E-state index contributed by atoms with van der Waals surface area (Å²) in [4.78, 5) is 23.0. The van der Waals surface area contributed by atoms with Crippen LogP contribution in [0.5, 0.6) is 0 Å². The first-order chi connectivity index (χ1) is 9.45. The number of halogens is 4. The van der Waals surface area contributed by atoms with Crippen LogP contribution in [0.3, 0.4) is 0 Å². The van der Waals surface area contributed by atoms with Crippen molar-refractivity contribution in [3.05, 3.63) is 33.8 Å². The molecule has 1 aromatic carbocycles. The first-order valence-corrected chi connectivity index (χ1v) is 6.69. The number of nitrogens with two attached hydrogens (primary N) is 1. The minimum absolute atomic E-state index is 0.0709. The molecule has 0 spiro atoms. The number of hydrogen-bond donors (Lipinski definition) is 2. The van der Waals surface area contributed by atoms with Crippen LogP contribution in [0.4, 0.5) is 13.2 Å². The van der Waals surface area contributed by atoms with E-state index in [1.807, 2.05) is 0 Å². The van der Waals surface area contributed by atoms with E-state index in [9.17, 15) is 22.8 Å². The molecule has 0 saturated carbocycles. The molecule has 21 heavy (non-hydrogen) atoms. The van der Waals surface area contributed by atoms with E-state index in [4.69, 9.17) is 5.73 Å². The molecule has 0 heterocycles. The summed E-state index contributed by atoms with van der Waals surface area (Å²) in [6.45, 7) is 2.98. The van der Waals surface area contributed by atoms with Gasteiger partial charge in [0, 0.05) is 16.6 Å². The fourth-order valence-corrected chi connectivity index (χ4v) is 1.85. The van der Waals surface area contributed by atoms with Crippen molar-refractivity contribution in [2.24, 2.45) is 11.1 Å². The van der Waals surface area contributed by atoms with E-state index in [-0.39, 0.29) is 16.6 Å². The van der Waals surface area contributed by atoms with Gasteiger partial charge in [0.1, 0.15) is 0 Å². The van der Waals surface area contributed by atoms with E-state index >= 15 is 0 Å². The Hall–Kier alpha value is -1.57. The minimum Gasteiger partial charge on any atom is -0.369 e. The van der Waals surface area contributed by atoms with Gasteiger partial charge >= 0.3 is 6.18 Å². The molecule has 0 unspecified atom stereocenters. The third-order valence-electron chi connectivity index (χ3n) is 2.89. The molecule has 0 atom stereocenters. The van der Waals surface area contributed by atoms with Gasteiger partial charge in [-0.05, 0) is 32.0 Å². The number of benzene rings is 1. The lowest BCUT2D eigenvalue weighted by Crippen LogP contribution is -2.42. The third kappa shape index (κ3) is 4.45. The number of amides is 2. The number of carbonyl (C=O) groups excluding carboxylic acids is 2. The van der Waals surface area contributed by atoms with Crippen LogP contribution in [0.2, 0.25) is 0 Å². The summed E-state index contributed by atoms with van der Waals surface area (Å²) >= 11 is 2.79. The van der Waals surface area contributed by atoms with E-state index in [0.29, 0.717) is 0 Å². The zero-order valence-corrected chi connectivity index (χ0v) is 12.9. The molecule has 0 bridgehead atoms. The largest absolute Gasteiger partial charge is 0.417 e. The molecular weight excluding hydrogens is 353 g/mol. The van der Waals surface area contributed by atoms with Gasteiger partial charge in [0.05, 0.1) is 11.0 Å². The number of carbonyl (C=O) groups is 2. The first-order valence-electron chi connectivity index (χ1n) is 5.90. The standard InChI is InChI=1S/C13H14BrF3N2O2/c1-12(2,11(18)21)6-19-10(20)7-3-4-9(14)8(5-7)13(15,16)17/h3-5H,6H2,1-2H3,(H2,18,21)(H,19,20). The van der Waals surface area contributed by atoms with Crippen molar-refractivity contribution in [3.8, 4) is 0 Å². The smallest absolute Gasteiger partial charge is 0.369 e. The highest BCUT2D eigenvalue weighted by Gasteiger charge is 2.34. The predicted octanol–water partition coefficient (Wildman–Crippen LogP) is 2.71. The Morgan fingerprint density at radius 3 is 2.33 bits per heavy atom. The highest BCUT2D eigenvalue weighted by atomic mass is 79.9. The normalized spacial score (nSPS) is 12.1. The van der Waals surface area contributed by atoms with Crippen molar-refractivity contribution in [1.82, 2.24) is 5.32 Å². The number of primary amides is 1. The number of hydrogen-bond acceptors (Lipinski definition) is 2. The maximum atomic E-state index is 12.8. The SMILES string of the molecule is CC(C)(CNC(=O)c1ccc(Br)c(C(F)(F)F)c1)C(N)=O. The van der Waals surface area contributed by atoms with E-state index in [2.05, 4.69) is 21.2 Å². The summed E-state index contributed by atoms with van der Waals surface area (Å²) in [5.74, 6) is -1.32. The maximum absolute atomic E-state index is 12.8. The average Bonchev–Trinajstić information content (AvgIpc) is 2.35. The van der Waals surface area contributed by atoms with Gasteiger partial charge in [-0.15, -0.1) is 0 Å². The lowest BCUT2D eigenvalue weighted by molar-refractivity contribution is -0.138. The molecule has 1 aromatic rings. The fraction of sp³-hybridized carbons (Fsp3) is 0.385. The molecule has 0 radical (unpaired) electrons. The highest BCUT2D eigenvalue weighted by Crippen LogP contribution is 2.35. The maximum Gasteiger partial charge on any atom is 0.417 e. The van der Waals surface area contributed by atoms with Crippen LogP contribution in [0, 0.1) is 5.41 Å². The Balaban J connectivity index is 2.92. The molecular formula is C13H14BrF3N2O2. The van der Waals surface area contributed by atoms with E-state index in [1.165, 1.54) is 19.9 Å². The molecule has 3 N–H and O–H groups in total. The van der Waals surface area contributed by atoms with Crippen LogP contribution in [0.25, 0.3) is 0 Å². The topological polar surface area (TPSA) is 72.2 Å². The van der Waals surface area contributed by atoms with Gasteiger partial charge in [-0.25, -0.2) is 0 Å². The van der Waals surface area contributed by atoms with Crippen molar-refractivity contribution in [2.75, 3.05) is 6.54 Å². The molecule has 0 aliphatic rings. The molecule has 1 rings (SSSR count). The Morgan fingerprint density at radius 2 is 1.86 bits per heavy atom. The molecule has 2 amide bonds. The monoisotopic (exact) mass is 366 g/mol. The zero-order chi connectivity index (χ0) is 16.4. The third-order valence-corrected chi connectivity index (χ3v) is 3.58. The van der Waals surface area contributed by atoms with Crippen LogP contribution in [-0.4, -0.2) is 18.4 Å². The second kappa shape index (κ2) is 6.05. The van der Waals surface area contributed by atoms with Crippen molar-refractivity contribution in [1.29, 1.82) is 0 Å². The molecule has 0 aliphatic carbocycles. The second-order valence-corrected chi connectivity index (χ2v) is 5.98. The van der Waals surface area contributed by atoms with Crippen LogP contribution < -0.4 is 11.1 Å². The van der Waals surface area contributed by atoms with Crippen molar-refractivity contribution in [2.45, 2.75) is 20.0 Å². The summed E-state index contributed by atoms with van der Waals surface area (Å²) in [5.41, 5.74) is 3.07. The van der Waals surface area contributed by atoms with Crippen molar-refractivity contribution in [3.63, 3.8) is 0 Å². The van der Waals surface area contributed by atoms with Gasteiger partial charge in [-0.1, -0.05) is 15.9 Å². The number of alkyl halides is 3. The van der Waals surface area contributed by atoms with E-state index < -0.39 is 29.0 Å². The molecule has 4 nitrogen and oxygen atoms in total. The number of nitrogens with one attached hydrogen (secondary N) is 1. The fourth-order valence-electron chi connectivity index (χ4n) is 1.37. The first kappa shape index (κ1) is 17.5. The van der Waals surface area contributed by atoms with Gasteiger partial charge in [0.25, 0.3) is 5.91 Å². The molecule has 0 aliphatic heterocycles. The highest BCUT2D eigenvalue weighted by molar-refractivity contribution is 9.10. The molecule has 116 valence electrons. The quantitative estimate of drug-likeness (QED) is 0.859. The Bertz CT molecular complexity index is 571. The van der Waals surface area contributed by atoms with E-state index in [0.717, 1.165) is 12.1 Å². The van der Waals surface area contributed by atoms with Crippen molar-refractivity contribution >= 4 is 27.7 Å². The number of rotatable bonds is 4. The summed E-state index contributed by atoms with van der Waals surface area (Å²) in [6.07, 6.45) is -4.57. The van der Waals surface area contributed by atoms with Gasteiger partial charge < -0.3 is 11.1 Å². The zero-order valence-electron chi connectivity index (χ0n) is 11.3. The molecule has 0 saturated heterocycles. The van der Waals surface area contributed by atoms with E-state index in [1.54, 1.807) is 0 Å². The van der Waals surface area contributed by atoms with Crippen LogP contribution >= 0.6 is 15.9 Å². The summed E-state index contributed by atoms with van der Waals surface area (Å²) < 4.78 is 38.1. The average molecular weight is 367 g/mol. The van der Waals surface area contributed by atoms with Crippen LogP contribution in [0.1, 0.15) is 29.8 Å². The second-order valence-electron chi connectivity index (χ2n) is 5.12. The van der Waals surface area contributed by atoms with Gasteiger partial charge in [-0.2, -0.15) is 13.2 Å². The minimum atomic E-state index is -4.57. The van der Waals surface area contributed by atoms with Crippen LogP contribution in [0.15, 0.2) is 22.7 Å². The molecule has 0 fully saturated rings. The van der Waals surface area contributed by atoms with Crippen LogP contribution in [-0.2, 0) is 11.0 Å². The van der Waals surface area contributed by atoms with Gasteiger partial charge in [0.15, 0.2) is 0 Å². The summed E-state index contributed by atoms with van der Waals surface area (Å²) in [7, 11) is 0. The Kier molecular flexibility index (Phi) is 5.03. The summed E-state index contributed by atoms with van der Waals surface area (Å²) in [6, 6.07) is 3.15.